The first-order chi connectivity index (χ1) is 9.11. The normalized spacial score (nSPS) is 24.1. The van der Waals surface area contributed by atoms with E-state index in [2.05, 4.69) is 58.9 Å². The van der Waals surface area contributed by atoms with Gasteiger partial charge in [-0.3, -0.25) is 4.90 Å². The summed E-state index contributed by atoms with van der Waals surface area (Å²) in [7, 11) is 0. The van der Waals surface area contributed by atoms with Gasteiger partial charge in [0, 0.05) is 23.1 Å². The Morgan fingerprint density at radius 1 is 1.47 bits per heavy atom. The summed E-state index contributed by atoms with van der Waals surface area (Å²) in [5.74, 6) is 0.835. The van der Waals surface area contributed by atoms with E-state index in [0.29, 0.717) is 6.04 Å². The molecule has 3 heteroatoms. The first-order valence-electron chi connectivity index (χ1n) is 7.37. The fraction of sp³-hybridized carbons (Fsp3) is 0.625. The Hall–Kier alpha value is -0.380. The molecule has 0 aliphatic carbocycles. The molecule has 0 saturated carbocycles. The molecule has 2 N–H and O–H groups in total. The van der Waals surface area contributed by atoms with Crippen LogP contribution in [0.15, 0.2) is 28.7 Å². The van der Waals surface area contributed by atoms with Crippen molar-refractivity contribution in [3.63, 3.8) is 0 Å². The van der Waals surface area contributed by atoms with E-state index >= 15 is 0 Å². The molecule has 2 nitrogen and oxygen atoms in total. The van der Waals surface area contributed by atoms with Crippen LogP contribution in [0.5, 0.6) is 0 Å². The summed E-state index contributed by atoms with van der Waals surface area (Å²) in [6.45, 7) is 6.79. The molecule has 19 heavy (non-hydrogen) atoms. The maximum atomic E-state index is 6.28. The van der Waals surface area contributed by atoms with Gasteiger partial charge in [-0.25, -0.2) is 0 Å². The van der Waals surface area contributed by atoms with Crippen LogP contribution in [0.3, 0.4) is 0 Å². The number of hydrogen-bond donors (Lipinski definition) is 1. The second kappa shape index (κ2) is 6.87. The highest BCUT2D eigenvalue weighted by molar-refractivity contribution is 9.10. The van der Waals surface area contributed by atoms with Crippen LogP contribution in [-0.4, -0.2) is 24.0 Å². The van der Waals surface area contributed by atoms with Crippen LogP contribution in [0.1, 0.15) is 44.7 Å². The number of halogens is 1. The lowest BCUT2D eigenvalue weighted by Crippen LogP contribution is -2.44. The third kappa shape index (κ3) is 3.80. The molecule has 1 aliphatic rings. The Kier molecular flexibility index (Phi) is 5.43. The van der Waals surface area contributed by atoms with Crippen molar-refractivity contribution in [2.75, 3.05) is 13.1 Å². The predicted molar refractivity (Wildman–Crippen MR) is 85.1 cm³/mol. The molecule has 0 amide bonds. The number of piperidine rings is 1. The molecule has 1 aromatic carbocycles. The van der Waals surface area contributed by atoms with Crippen molar-refractivity contribution in [3.05, 3.63) is 34.3 Å². The van der Waals surface area contributed by atoms with E-state index in [4.69, 9.17) is 5.73 Å². The molecule has 106 valence electrons. The number of nitrogens with two attached hydrogens (primary N) is 1. The average Bonchev–Trinajstić information content (AvgIpc) is 2.39. The minimum atomic E-state index is 0.157. The highest BCUT2D eigenvalue weighted by Crippen LogP contribution is 2.31. The Morgan fingerprint density at radius 2 is 2.26 bits per heavy atom. The van der Waals surface area contributed by atoms with E-state index < -0.39 is 0 Å². The van der Waals surface area contributed by atoms with Crippen LogP contribution in [0.4, 0.5) is 0 Å². The van der Waals surface area contributed by atoms with Gasteiger partial charge >= 0.3 is 0 Å². The summed E-state index contributed by atoms with van der Waals surface area (Å²) < 4.78 is 1.14. The van der Waals surface area contributed by atoms with Crippen molar-refractivity contribution in [2.45, 2.75) is 45.2 Å². The van der Waals surface area contributed by atoms with E-state index in [1.54, 1.807) is 0 Å². The van der Waals surface area contributed by atoms with E-state index in [1.165, 1.54) is 37.9 Å². The molecule has 0 aromatic heterocycles. The Labute approximate surface area is 125 Å². The summed E-state index contributed by atoms with van der Waals surface area (Å²) in [6.07, 6.45) is 3.95. The summed E-state index contributed by atoms with van der Waals surface area (Å²) in [6, 6.07) is 9.09. The number of hydrogen-bond acceptors (Lipinski definition) is 2. The lowest BCUT2D eigenvalue weighted by molar-refractivity contribution is 0.108. The van der Waals surface area contributed by atoms with Crippen molar-refractivity contribution < 1.29 is 0 Å². The van der Waals surface area contributed by atoms with Crippen LogP contribution < -0.4 is 5.73 Å². The van der Waals surface area contributed by atoms with Gasteiger partial charge in [-0.1, -0.05) is 41.4 Å². The second-order valence-electron chi connectivity index (χ2n) is 5.77. The molecular formula is C16H25BrN2. The minimum Gasteiger partial charge on any atom is -0.326 e. The molecule has 1 saturated heterocycles. The van der Waals surface area contributed by atoms with Crippen LogP contribution in [0.2, 0.25) is 0 Å². The van der Waals surface area contributed by atoms with Gasteiger partial charge in [0.15, 0.2) is 0 Å². The molecule has 3 atom stereocenters. The van der Waals surface area contributed by atoms with Crippen LogP contribution in [0.25, 0.3) is 0 Å². The third-order valence-electron chi connectivity index (χ3n) is 4.21. The quantitative estimate of drug-likeness (QED) is 0.908. The fourth-order valence-corrected chi connectivity index (χ4v) is 3.64. The van der Waals surface area contributed by atoms with Crippen molar-refractivity contribution in [1.29, 1.82) is 0 Å². The molecule has 3 unspecified atom stereocenters. The van der Waals surface area contributed by atoms with Gasteiger partial charge in [-0.2, -0.15) is 0 Å². The third-order valence-corrected chi connectivity index (χ3v) is 4.70. The van der Waals surface area contributed by atoms with Gasteiger partial charge in [-0.15, -0.1) is 0 Å². The second-order valence-corrected chi connectivity index (χ2v) is 6.69. The Morgan fingerprint density at radius 3 is 2.89 bits per heavy atom. The molecule has 1 aliphatic heterocycles. The SMILES string of the molecule is CCC1CCCN(C(c2cccc(Br)c2)C(C)N)C1. The average molecular weight is 325 g/mol. The largest absolute Gasteiger partial charge is 0.326 e. The van der Waals surface area contributed by atoms with Crippen LogP contribution in [-0.2, 0) is 0 Å². The van der Waals surface area contributed by atoms with Crippen molar-refractivity contribution >= 4 is 15.9 Å². The zero-order chi connectivity index (χ0) is 13.8. The first-order valence-corrected chi connectivity index (χ1v) is 8.16. The molecule has 1 fully saturated rings. The summed E-state index contributed by atoms with van der Waals surface area (Å²) in [5, 5.41) is 0. The Bertz CT molecular complexity index is 405. The number of nitrogens with zero attached hydrogens (tertiary/aromatic N) is 1. The monoisotopic (exact) mass is 324 g/mol. The van der Waals surface area contributed by atoms with E-state index in [9.17, 15) is 0 Å². The standard InChI is InChI=1S/C16H25BrN2/c1-3-13-6-5-9-19(11-13)16(12(2)18)14-7-4-8-15(17)10-14/h4,7-8,10,12-13,16H,3,5-6,9,11,18H2,1-2H3. The van der Waals surface area contributed by atoms with Gasteiger partial charge < -0.3 is 5.73 Å². The minimum absolute atomic E-state index is 0.157. The maximum absolute atomic E-state index is 6.28. The summed E-state index contributed by atoms with van der Waals surface area (Å²) >= 11 is 3.57. The Balaban J connectivity index is 2.20. The lowest BCUT2D eigenvalue weighted by atomic mass is 9.91. The summed E-state index contributed by atoms with van der Waals surface area (Å²) in [4.78, 5) is 2.59. The molecule has 0 radical (unpaired) electrons. The molecule has 1 aromatic rings. The maximum Gasteiger partial charge on any atom is 0.0496 e. The molecule has 0 bridgehead atoms. The lowest BCUT2D eigenvalue weighted by Gasteiger charge is -2.40. The highest BCUT2D eigenvalue weighted by Gasteiger charge is 2.28. The molecule has 0 spiro atoms. The molecular weight excluding hydrogens is 300 g/mol. The zero-order valence-electron chi connectivity index (χ0n) is 12.0. The topological polar surface area (TPSA) is 29.3 Å². The van der Waals surface area contributed by atoms with Crippen molar-refractivity contribution in [2.24, 2.45) is 11.7 Å². The van der Waals surface area contributed by atoms with E-state index in [-0.39, 0.29) is 6.04 Å². The molecule has 1 heterocycles. The van der Waals surface area contributed by atoms with Crippen molar-refractivity contribution in [1.82, 2.24) is 4.90 Å². The number of rotatable bonds is 4. The van der Waals surface area contributed by atoms with E-state index in [1.807, 2.05) is 0 Å². The number of likely N-dealkylation sites (tertiary alicyclic amines) is 1. The smallest absolute Gasteiger partial charge is 0.0496 e. The van der Waals surface area contributed by atoms with Crippen molar-refractivity contribution in [3.8, 4) is 0 Å². The fourth-order valence-electron chi connectivity index (χ4n) is 3.22. The van der Waals surface area contributed by atoms with Crippen LogP contribution >= 0.6 is 15.9 Å². The highest BCUT2D eigenvalue weighted by atomic mass is 79.9. The molecule has 2 rings (SSSR count). The zero-order valence-corrected chi connectivity index (χ0v) is 13.6. The van der Waals surface area contributed by atoms with Gasteiger partial charge in [-0.05, 0) is 49.9 Å². The predicted octanol–water partition coefficient (Wildman–Crippen LogP) is 3.96. The van der Waals surface area contributed by atoms with Gasteiger partial charge in [0.25, 0.3) is 0 Å². The van der Waals surface area contributed by atoms with Gasteiger partial charge in [0.2, 0.25) is 0 Å². The van der Waals surface area contributed by atoms with E-state index in [0.717, 1.165) is 10.4 Å². The summed E-state index contributed by atoms with van der Waals surface area (Å²) in [5.41, 5.74) is 7.61. The first kappa shape index (κ1) is 15.0. The number of benzene rings is 1. The van der Waals surface area contributed by atoms with Crippen LogP contribution in [0, 0.1) is 5.92 Å². The van der Waals surface area contributed by atoms with Gasteiger partial charge in [0.05, 0.1) is 0 Å². The van der Waals surface area contributed by atoms with Gasteiger partial charge in [0.1, 0.15) is 0 Å².